The maximum atomic E-state index is 12.1. The maximum Gasteiger partial charge on any atom is 0.277 e. The monoisotopic (exact) mass is 478 g/mol. The van der Waals surface area contributed by atoms with Crippen LogP contribution >= 0.6 is 23.2 Å². The van der Waals surface area contributed by atoms with E-state index in [2.05, 4.69) is 15.4 Å². The lowest BCUT2D eigenvalue weighted by atomic mass is 9.94. The Morgan fingerprint density at radius 1 is 1.25 bits per heavy atom. The molecule has 8 nitrogen and oxygen atoms in total. The molecule has 1 N–H and O–H groups in total. The zero-order valence-corrected chi connectivity index (χ0v) is 19.1. The van der Waals surface area contributed by atoms with Gasteiger partial charge in [-0.15, -0.1) is 0 Å². The van der Waals surface area contributed by atoms with Crippen molar-refractivity contribution in [2.75, 3.05) is 18.6 Å². The summed E-state index contributed by atoms with van der Waals surface area (Å²) in [5.74, 6) is -0.176. The normalized spacial score (nSPS) is 14.3. The van der Waals surface area contributed by atoms with E-state index in [9.17, 15) is 14.9 Å². The Labute approximate surface area is 196 Å². The van der Waals surface area contributed by atoms with Crippen molar-refractivity contribution in [3.8, 4) is 5.75 Å². The molecule has 0 atom stereocenters. The van der Waals surface area contributed by atoms with Crippen molar-refractivity contribution in [3.63, 3.8) is 0 Å². The Morgan fingerprint density at radius 2 is 2.00 bits per heavy atom. The Bertz CT molecular complexity index is 1010. The molecule has 0 aromatic heterocycles. The van der Waals surface area contributed by atoms with Crippen molar-refractivity contribution in [1.29, 1.82) is 0 Å². The third kappa shape index (κ3) is 6.34. The molecule has 0 unspecified atom stereocenters. The average Bonchev–Trinajstić information content (AvgIpc) is 2.78. The molecule has 0 radical (unpaired) electrons. The van der Waals surface area contributed by atoms with Gasteiger partial charge in [0.15, 0.2) is 6.61 Å². The van der Waals surface area contributed by atoms with E-state index in [0.29, 0.717) is 27.4 Å². The van der Waals surface area contributed by atoms with Crippen molar-refractivity contribution in [1.82, 2.24) is 5.43 Å². The zero-order valence-electron chi connectivity index (χ0n) is 17.6. The first-order chi connectivity index (χ1) is 15.3. The summed E-state index contributed by atoms with van der Waals surface area (Å²) in [7, 11) is 1.98. The number of carbonyl (C=O) groups excluding carboxylic acids is 1. The van der Waals surface area contributed by atoms with Crippen molar-refractivity contribution < 1.29 is 14.5 Å². The molecule has 3 rings (SSSR count). The summed E-state index contributed by atoms with van der Waals surface area (Å²) in [6.07, 6.45) is 7.12. The number of benzene rings is 2. The van der Waals surface area contributed by atoms with Crippen LogP contribution in [0, 0.1) is 10.1 Å². The van der Waals surface area contributed by atoms with Gasteiger partial charge in [-0.25, -0.2) is 5.43 Å². The standard InChI is InChI=1S/C22H24Cl2N4O4/c1-27(17-5-3-2-4-6-17)20-9-8-18(28(30)31)11-15(20)13-25-26-22(29)14-32-21-10-7-16(23)12-19(21)24/h7-13,17H,2-6,14H2,1H3,(H,26,29)/b25-13+. The van der Waals surface area contributed by atoms with Crippen molar-refractivity contribution in [2.45, 2.75) is 38.1 Å². The highest BCUT2D eigenvalue weighted by molar-refractivity contribution is 6.35. The summed E-state index contributed by atoms with van der Waals surface area (Å²) in [4.78, 5) is 25.0. The average molecular weight is 479 g/mol. The predicted molar refractivity (Wildman–Crippen MR) is 126 cm³/mol. The number of hydrogen-bond donors (Lipinski definition) is 1. The summed E-state index contributed by atoms with van der Waals surface area (Å²) in [6.45, 7) is -0.303. The van der Waals surface area contributed by atoms with Gasteiger partial charge < -0.3 is 9.64 Å². The third-order valence-corrected chi connectivity index (χ3v) is 5.90. The Kier molecular flexibility index (Phi) is 8.30. The smallest absolute Gasteiger partial charge is 0.277 e. The number of rotatable bonds is 8. The molecule has 0 bridgehead atoms. The van der Waals surface area contributed by atoms with Gasteiger partial charge in [-0.05, 0) is 37.1 Å². The molecule has 2 aromatic rings. The fourth-order valence-corrected chi connectivity index (χ4v) is 4.15. The lowest BCUT2D eigenvalue weighted by Gasteiger charge is -2.33. The molecule has 10 heteroatoms. The van der Waals surface area contributed by atoms with Gasteiger partial charge >= 0.3 is 0 Å². The van der Waals surface area contributed by atoms with Crippen LogP contribution < -0.4 is 15.1 Å². The predicted octanol–water partition coefficient (Wildman–Crippen LogP) is 5.20. The van der Waals surface area contributed by atoms with Gasteiger partial charge in [0.05, 0.1) is 16.2 Å². The van der Waals surface area contributed by atoms with Crippen LogP contribution in [0.5, 0.6) is 5.75 Å². The number of non-ortho nitro benzene ring substituents is 1. The second-order valence-corrected chi connectivity index (χ2v) is 8.40. The first kappa shape index (κ1) is 23.8. The van der Waals surface area contributed by atoms with Crippen LogP contribution in [0.15, 0.2) is 41.5 Å². The van der Waals surface area contributed by atoms with Gasteiger partial charge in [0.2, 0.25) is 0 Å². The van der Waals surface area contributed by atoms with Crippen molar-refractivity contribution in [2.24, 2.45) is 5.10 Å². The van der Waals surface area contributed by atoms with Gasteiger partial charge in [-0.1, -0.05) is 42.5 Å². The Hall–Kier alpha value is -2.84. The van der Waals surface area contributed by atoms with E-state index in [0.717, 1.165) is 18.5 Å². The molecular formula is C22H24Cl2N4O4. The first-order valence-electron chi connectivity index (χ1n) is 10.3. The fourth-order valence-electron chi connectivity index (χ4n) is 3.69. The molecule has 1 fully saturated rings. The Balaban J connectivity index is 1.67. The van der Waals surface area contributed by atoms with Crippen LogP contribution in [-0.4, -0.2) is 36.7 Å². The number of amides is 1. The largest absolute Gasteiger partial charge is 0.482 e. The molecule has 0 spiro atoms. The number of anilines is 1. The summed E-state index contributed by atoms with van der Waals surface area (Å²) in [5, 5.41) is 16.0. The number of ether oxygens (including phenoxy) is 1. The second-order valence-electron chi connectivity index (χ2n) is 7.56. The van der Waals surface area contributed by atoms with Crippen LogP contribution in [0.2, 0.25) is 10.0 Å². The number of hydrogen-bond acceptors (Lipinski definition) is 6. The van der Waals surface area contributed by atoms with E-state index in [1.165, 1.54) is 43.7 Å². The number of nitro groups is 1. The minimum atomic E-state index is -0.500. The number of nitrogens with one attached hydrogen (secondary N) is 1. The molecule has 170 valence electrons. The summed E-state index contributed by atoms with van der Waals surface area (Å²) in [6, 6.07) is 9.71. The van der Waals surface area contributed by atoms with Gasteiger partial charge in [0, 0.05) is 41.5 Å². The first-order valence-corrected chi connectivity index (χ1v) is 11.0. The Morgan fingerprint density at radius 3 is 2.69 bits per heavy atom. The van der Waals surface area contributed by atoms with Gasteiger partial charge in [-0.3, -0.25) is 14.9 Å². The number of halogens is 2. The number of nitrogens with zero attached hydrogens (tertiary/aromatic N) is 3. The topological polar surface area (TPSA) is 97.1 Å². The fraction of sp³-hybridized carbons (Fsp3) is 0.364. The molecule has 0 heterocycles. The number of hydrazone groups is 1. The summed E-state index contributed by atoms with van der Waals surface area (Å²) in [5.41, 5.74) is 3.71. The molecule has 0 saturated heterocycles. The van der Waals surface area contributed by atoms with Crippen LogP contribution in [0.25, 0.3) is 0 Å². The lowest BCUT2D eigenvalue weighted by Crippen LogP contribution is -2.34. The highest BCUT2D eigenvalue weighted by Crippen LogP contribution is 2.30. The summed E-state index contributed by atoms with van der Waals surface area (Å²) < 4.78 is 5.37. The maximum absolute atomic E-state index is 12.1. The zero-order chi connectivity index (χ0) is 23.1. The number of carbonyl (C=O) groups is 1. The SMILES string of the molecule is CN(c1ccc([N+](=O)[O-])cc1/C=N/NC(=O)COc1ccc(Cl)cc1Cl)C1CCCCC1. The third-order valence-electron chi connectivity index (χ3n) is 5.37. The quantitative estimate of drug-likeness (QED) is 0.319. The van der Waals surface area contributed by atoms with Gasteiger partial charge in [0.25, 0.3) is 11.6 Å². The highest BCUT2D eigenvalue weighted by Gasteiger charge is 2.21. The lowest BCUT2D eigenvalue weighted by molar-refractivity contribution is -0.384. The molecule has 0 aliphatic heterocycles. The summed E-state index contributed by atoms with van der Waals surface area (Å²) >= 11 is 11.9. The molecule has 2 aromatic carbocycles. The van der Waals surface area contributed by atoms with Crippen molar-refractivity contribution >= 4 is 46.7 Å². The van der Waals surface area contributed by atoms with E-state index >= 15 is 0 Å². The number of nitro benzene ring substituents is 1. The minimum Gasteiger partial charge on any atom is -0.482 e. The van der Waals surface area contributed by atoms with Crippen molar-refractivity contribution in [3.05, 3.63) is 62.1 Å². The van der Waals surface area contributed by atoms with E-state index < -0.39 is 10.8 Å². The van der Waals surface area contributed by atoms with E-state index in [1.807, 2.05) is 7.05 Å². The molecule has 1 aliphatic carbocycles. The van der Waals surface area contributed by atoms with Crippen LogP contribution in [0.4, 0.5) is 11.4 Å². The molecule has 1 saturated carbocycles. The van der Waals surface area contributed by atoms with E-state index in [4.69, 9.17) is 27.9 Å². The highest BCUT2D eigenvalue weighted by atomic mass is 35.5. The van der Waals surface area contributed by atoms with Gasteiger partial charge in [-0.2, -0.15) is 5.10 Å². The van der Waals surface area contributed by atoms with Crippen LogP contribution in [-0.2, 0) is 4.79 Å². The molecule has 1 amide bonds. The minimum absolute atomic E-state index is 0.0423. The van der Waals surface area contributed by atoms with E-state index in [1.54, 1.807) is 18.2 Å². The second kappa shape index (κ2) is 11.2. The van der Waals surface area contributed by atoms with Crippen LogP contribution in [0.1, 0.15) is 37.7 Å². The molecule has 32 heavy (non-hydrogen) atoms. The molecular weight excluding hydrogens is 455 g/mol. The van der Waals surface area contributed by atoms with E-state index in [-0.39, 0.29) is 12.3 Å². The van der Waals surface area contributed by atoms with Gasteiger partial charge in [0.1, 0.15) is 5.75 Å². The molecule has 1 aliphatic rings. The van der Waals surface area contributed by atoms with Crippen LogP contribution in [0.3, 0.4) is 0 Å².